The zero-order valence-electron chi connectivity index (χ0n) is 14.7. The molecule has 0 heterocycles. The fourth-order valence-electron chi connectivity index (χ4n) is 3.10. The molecule has 25 heavy (non-hydrogen) atoms. The Morgan fingerprint density at radius 1 is 0.840 bits per heavy atom. The lowest BCUT2D eigenvalue weighted by Gasteiger charge is -2.18. The van der Waals surface area contributed by atoms with E-state index in [9.17, 15) is 4.79 Å². The van der Waals surface area contributed by atoms with Gasteiger partial charge in [0.1, 0.15) is 0 Å². The van der Waals surface area contributed by atoms with Crippen LogP contribution in [0.25, 0.3) is 10.8 Å². The largest absolute Gasteiger partial charge is 0.348 e. The second kappa shape index (κ2) is 7.95. The van der Waals surface area contributed by atoms with Gasteiger partial charge in [0.15, 0.2) is 0 Å². The maximum Gasteiger partial charge on any atom is 0.234 e. The zero-order chi connectivity index (χ0) is 17.6. The molecular formula is C22H24N2O. The van der Waals surface area contributed by atoms with Crippen LogP contribution in [-0.4, -0.2) is 12.5 Å². The summed E-state index contributed by atoms with van der Waals surface area (Å²) in [5.74, 6) is 0.00298. The van der Waals surface area contributed by atoms with Gasteiger partial charge in [0.2, 0.25) is 5.91 Å². The Labute approximate surface area is 149 Å². The van der Waals surface area contributed by atoms with Crippen LogP contribution in [0.4, 0.5) is 0 Å². The number of fused-ring (bicyclic) bond motifs is 1. The first kappa shape index (κ1) is 17.2. The molecule has 0 aliphatic rings. The molecule has 0 aliphatic carbocycles. The van der Waals surface area contributed by atoms with E-state index < -0.39 is 0 Å². The number of hydrogen-bond donors (Lipinski definition) is 2. The van der Waals surface area contributed by atoms with Crippen LogP contribution >= 0.6 is 0 Å². The lowest BCUT2D eigenvalue weighted by Crippen LogP contribution is -2.36. The Kier molecular flexibility index (Phi) is 5.46. The van der Waals surface area contributed by atoms with Gasteiger partial charge >= 0.3 is 0 Å². The summed E-state index contributed by atoms with van der Waals surface area (Å²) >= 11 is 0. The van der Waals surface area contributed by atoms with E-state index in [-0.39, 0.29) is 18.0 Å². The van der Waals surface area contributed by atoms with Crippen molar-refractivity contribution in [3.8, 4) is 0 Å². The molecule has 0 spiro atoms. The minimum atomic E-state index is -0.0348. The van der Waals surface area contributed by atoms with Crippen molar-refractivity contribution >= 4 is 16.7 Å². The van der Waals surface area contributed by atoms with Crippen molar-refractivity contribution in [1.29, 1.82) is 0 Å². The van der Waals surface area contributed by atoms with Crippen LogP contribution in [-0.2, 0) is 4.79 Å². The van der Waals surface area contributed by atoms with E-state index in [4.69, 9.17) is 0 Å². The number of amides is 1. The van der Waals surface area contributed by atoms with Crippen molar-refractivity contribution in [2.75, 3.05) is 6.54 Å². The Bertz CT molecular complexity index is 840. The number of benzene rings is 3. The van der Waals surface area contributed by atoms with E-state index in [0.717, 1.165) is 5.56 Å². The number of nitrogens with one attached hydrogen (secondary N) is 2. The van der Waals surface area contributed by atoms with E-state index in [0.29, 0.717) is 6.54 Å². The van der Waals surface area contributed by atoms with E-state index in [2.05, 4.69) is 54.0 Å². The van der Waals surface area contributed by atoms with Crippen LogP contribution in [0, 0.1) is 0 Å². The van der Waals surface area contributed by atoms with Crippen LogP contribution in [0.3, 0.4) is 0 Å². The van der Waals surface area contributed by atoms with Gasteiger partial charge in [0.05, 0.1) is 12.6 Å². The number of carbonyl (C=O) groups excluding carboxylic acids is 1. The average Bonchev–Trinajstić information content (AvgIpc) is 2.66. The molecule has 2 atom stereocenters. The molecule has 0 saturated heterocycles. The Balaban J connectivity index is 1.61. The van der Waals surface area contributed by atoms with Gasteiger partial charge in [-0.2, -0.15) is 0 Å². The van der Waals surface area contributed by atoms with Crippen molar-refractivity contribution in [2.24, 2.45) is 0 Å². The molecule has 0 fully saturated rings. The summed E-state index contributed by atoms with van der Waals surface area (Å²) in [5.41, 5.74) is 2.32. The van der Waals surface area contributed by atoms with Crippen molar-refractivity contribution in [3.63, 3.8) is 0 Å². The smallest absolute Gasteiger partial charge is 0.234 e. The van der Waals surface area contributed by atoms with Gasteiger partial charge in [-0.3, -0.25) is 4.79 Å². The lowest BCUT2D eigenvalue weighted by atomic mass is 10.00. The highest BCUT2D eigenvalue weighted by Gasteiger charge is 2.13. The molecule has 0 unspecified atom stereocenters. The average molecular weight is 332 g/mol. The molecule has 0 aromatic heterocycles. The second-order valence-corrected chi connectivity index (χ2v) is 6.37. The summed E-state index contributed by atoms with van der Waals surface area (Å²) in [6, 6.07) is 24.7. The molecule has 3 nitrogen and oxygen atoms in total. The standard InChI is InChI=1S/C22H24N2O/c1-16(18-9-4-3-5-10-18)23-15-22(25)24-17(2)20-14-8-12-19-11-6-7-13-21(19)20/h3-14,16-17,23H,15H2,1-2H3,(H,24,25)/t16-,17-/m0/s1. The quantitative estimate of drug-likeness (QED) is 0.704. The summed E-state index contributed by atoms with van der Waals surface area (Å²) in [5, 5.41) is 8.75. The van der Waals surface area contributed by atoms with Gasteiger partial charge in [-0.15, -0.1) is 0 Å². The van der Waals surface area contributed by atoms with Gasteiger partial charge in [0, 0.05) is 6.04 Å². The molecule has 0 radical (unpaired) electrons. The monoisotopic (exact) mass is 332 g/mol. The minimum Gasteiger partial charge on any atom is -0.348 e. The van der Waals surface area contributed by atoms with Crippen LogP contribution in [0.1, 0.15) is 37.1 Å². The van der Waals surface area contributed by atoms with Crippen molar-refractivity contribution in [2.45, 2.75) is 25.9 Å². The molecule has 128 valence electrons. The third-order valence-corrected chi connectivity index (χ3v) is 4.54. The van der Waals surface area contributed by atoms with E-state index in [1.165, 1.54) is 16.3 Å². The molecule has 0 aliphatic heterocycles. The Morgan fingerprint density at radius 3 is 2.32 bits per heavy atom. The Hall–Kier alpha value is -2.65. The maximum absolute atomic E-state index is 12.3. The number of rotatable bonds is 6. The number of hydrogen-bond acceptors (Lipinski definition) is 2. The predicted octanol–water partition coefficient (Wildman–Crippen LogP) is 4.37. The molecule has 0 bridgehead atoms. The second-order valence-electron chi connectivity index (χ2n) is 6.37. The maximum atomic E-state index is 12.3. The van der Waals surface area contributed by atoms with Crippen LogP contribution in [0.15, 0.2) is 72.8 Å². The van der Waals surface area contributed by atoms with Gasteiger partial charge in [-0.1, -0.05) is 72.8 Å². The fraction of sp³-hybridized carbons (Fsp3) is 0.227. The molecule has 3 aromatic rings. The lowest BCUT2D eigenvalue weighted by molar-refractivity contribution is -0.121. The van der Waals surface area contributed by atoms with Crippen molar-refractivity contribution in [3.05, 3.63) is 83.9 Å². The van der Waals surface area contributed by atoms with Gasteiger partial charge in [0.25, 0.3) is 0 Å². The third kappa shape index (κ3) is 4.25. The molecule has 3 heteroatoms. The summed E-state index contributed by atoms with van der Waals surface area (Å²) in [4.78, 5) is 12.3. The number of carbonyl (C=O) groups is 1. The zero-order valence-corrected chi connectivity index (χ0v) is 14.7. The highest BCUT2D eigenvalue weighted by molar-refractivity contribution is 5.87. The van der Waals surface area contributed by atoms with Crippen LogP contribution in [0.2, 0.25) is 0 Å². The van der Waals surface area contributed by atoms with Crippen LogP contribution in [0.5, 0.6) is 0 Å². The molecule has 2 N–H and O–H groups in total. The van der Waals surface area contributed by atoms with E-state index in [1.807, 2.05) is 43.3 Å². The minimum absolute atomic E-state index is 0.00298. The highest BCUT2D eigenvalue weighted by atomic mass is 16.1. The van der Waals surface area contributed by atoms with E-state index >= 15 is 0 Å². The molecular weight excluding hydrogens is 308 g/mol. The molecule has 0 saturated carbocycles. The summed E-state index contributed by atoms with van der Waals surface area (Å²) in [6.45, 7) is 4.39. The summed E-state index contributed by atoms with van der Waals surface area (Å²) in [6.07, 6.45) is 0. The van der Waals surface area contributed by atoms with Crippen LogP contribution < -0.4 is 10.6 Å². The van der Waals surface area contributed by atoms with E-state index in [1.54, 1.807) is 0 Å². The molecule has 3 aromatic carbocycles. The fourth-order valence-corrected chi connectivity index (χ4v) is 3.10. The van der Waals surface area contributed by atoms with Gasteiger partial charge < -0.3 is 10.6 Å². The normalized spacial score (nSPS) is 13.4. The van der Waals surface area contributed by atoms with Crippen molar-refractivity contribution < 1.29 is 4.79 Å². The molecule has 1 amide bonds. The summed E-state index contributed by atoms with van der Waals surface area (Å²) in [7, 11) is 0. The highest BCUT2D eigenvalue weighted by Crippen LogP contribution is 2.23. The first-order chi connectivity index (χ1) is 12.1. The topological polar surface area (TPSA) is 41.1 Å². The SMILES string of the molecule is C[C@H](NCC(=O)N[C@@H](C)c1cccc2ccccc12)c1ccccc1. The van der Waals surface area contributed by atoms with Gasteiger partial charge in [-0.25, -0.2) is 0 Å². The Morgan fingerprint density at radius 2 is 1.52 bits per heavy atom. The first-order valence-electron chi connectivity index (χ1n) is 8.70. The van der Waals surface area contributed by atoms with Crippen molar-refractivity contribution in [1.82, 2.24) is 10.6 Å². The molecule has 3 rings (SSSR count). The third-order valence-electron chi connectivity index (χ3n) is 4.54. The first-order valence-corrected chi connectivity index (χ1v) is 8.70. The predicted molar refractivity (Wildman–Crippen MR) is 103 cm³/mol. The summed E-state index contributed by atoms with van der Waals surface area (Å²) < 4.78 is 0. The van der Waals surface area contributed by atoms with Gasteiger partial charge in [-0.05, 0) is 35.7 Å².